The van der Waals surface area contributed by atoms with E-state index in [0.717, 1.165) is 31.7 Å². The molecule has 1 saturated heterocycles. The molecule has 0 radical (unpaired) electrons. The molecule has 0 atom stereocenters. The Kier molecular flexibility index (Phi) is 3.24. The molecule has 1 amide bonds. The maximum atomic E-state index is 12.2. The molecular formula is C13H14N4O2. The van der Waals surface area contributed by atoms with Crippen molar-refractivity contribution < 1.29 is 9.32 Å². The van der Waals surface area contributed by atoms with Gasteiger partial charge in [0.25, 0.3) is 5.91 Å². The molecule has 0 bridgehead atoms. The van der Waals surface area contributed by atoms with E-state index in [0.29, 0.717) is 11.4 Å². The molecule has 1 N–H and O–H groups in total. The molecular weight excluding hydrogens is 244 g/mol. The highest BCUT2D eigenvalue weighted by Crippen LogP contribution is 2.16. The van der Waals surface area contributed by atoms with Gasteiger partial charge < -0.3 is 14.7 Å². The van der Waals surface area contributed by atoms with E-state index >= 15 is 0 Å². The number of carbonyl (C=O) groups excluding carboxylic acids is 1. The number of carbonyl (C=O) groups is 1. The van der Waals surface area contributed by atoms with Gasteiger partial charge in [-0.05, 0) is 12.1 Å². The van der Waals surface area contributed by atoms with Gasteiger partial charge in [-0.25, -0.2) is 0 Å². The fraction of sp³-hybridized carbons (Fsp3) is 0.308. The molecule has 0 spiro atoms. The fourth-order valence-corrected chi connectivity index (χ4v) is 2.11. The van der Waals surface area contributed by atoms with Crippen molar-refractivity contribution in [1.29, 1.82) is 0 Å². The fourth-order valence-electron chi connectivity index (χ4n) is 2.11. The number of amides is 1. The smallest absolute Gasteiger partial charge is 0.253 e. The standard InChI is InChI=1S/C13H14N4O2/c18-13(17-7-5-14-6-8-17)11-3-1-10(2-4-11)12-15-9-19-16-12/h1-4,9,14H,5-8H2. The van der Waals surface area contributed by atoms with E-state index in [1.165, 1.54) is 6.39 Å². The highest BCUT2D eigenvalue weighted by molar-refractivity contribution is 5.94. The second-order valence-corrected chi connectivity index (χ2v) is 4.37. The minimum Gasteiger partial charge on any atom is -0.342 e. The van der Waals surface area contributed by atoms with Crippen LogP contribution < -0.4 is 5.32 Å². The summed E-state index contributed by atoms with van der Waals surface area (Å²) in [6.07, 6.45) is 1.29. The zero-order chi connectivity index (χ0) is 13.1. The Hall–Kier alpha value is -2.21. The first-order chi connectivity index (χ1) is 9.34. The highest BCUT2D eigenvalue weighted by atomic mass is 16.5. The predicted molar refractivity (Wildman–Crippen MR) is 68.5 cm³/mol. The number of hydrogen-bond donors (Lipinski definition) is 1. The lowest BCUT2D eigenvalue weighted by atomic mass is 10.1. The van der Waals surface area contributed by atoms with E-state index in [1.54, 1.807) is 12.1 Å². The summed E-state index contributed by atoms with van der Waals surface area (Å²) in [5, 5.41) is 6.99. The van der Waals surface area contributed by atoms with Gasteiger partial charge in [0.05, 0.1) is 0 Å². The Morgan fingerprint density at radius 2 is 1.95 bits per heavy atom. The van der Waals surface area contributed by atoms with Gasteiger partial charge in [-0.2, -0.15) is 4.98 Å². The molecule has 0 aliphatic carbocycles. The monoisotopic (exact) mass is 258 g/mol. The number of piperazine rings is 1. The average molecular weight is 258 g/mol. The number of nitrogens with one attached hydrogen (secondary N) is 1. The van der Waals surface area contributed by atoms with E-state index < -0.39 is 0 Å². The molecule has 6 nitrogen and oxygen atoms in total. The number of hydrogen-bond acceptors (Lipinski definition) is 5. The Labute approximate surface area is 110 Å². The minimum atomic E-state index is 0.0705. The molecule has 3 rings (SSSR count). The molecule has 1 aromatic heterocycles. The summed E-state index contributed by atoms with van der Waals surface area (Å²) < 4.78 is 4.70. The van der Waals surface area contributed by atoms with Crippen LogP contribution in [-0.2, 0) is 0 Å². The maximum Gasteiger partial charge on any atom is 0.253 e. The summed E-state index contributed by atoms with van der Waals surface area (Å²) >= 11 is 0. The van der Waals surface area contributed by atoms with Crippen LogP contribution in [0.1, 0.15) is 10.4 Å². The summed E-state index contributed by atoms with van der Waals surface area (Å²) in [7, 11) is 0. The summed E-state index contributed by atoms with van der Waals surface area (Å²) in [5.74, 6) is 0.599. The van der Waals surface area contributed by atoms with Crippen LogP contribution in [0.2, 0.25) is 0 Å². The van der Waals surface area contributed by atoms with Crippen molar-refractivity contribution in [1.82, 2.24) is 20.4 Å². The zero-order valence-corrected chi connectivity index (χ0v) is 10.4. The highest BCUT2D eigenvalue weighted by Gasteiger charge is 2.17. The molecule has 0 unspecified atom stereocenters. The third-order valence-corrected chi connectivity index (χ3v) is 3.16. The molecule has 1 aliphatic rings. The van der Waals surface area contributed by atoms with Crippen LogP contribution in [0.25, 0.3) is 11.4 Å². The molecule has 1 aliphatic heterocycles. The summed E-state index contributed by atoms with van der Waals surface area (Å²) in [6, 6.07) is 7.27. The molecule has 98 valence electrons. The Bertz CT molecular complexity index is 545. The Morgan fingerprint density at radius 1 is 1.21 bits per heavy atom. The van der Waals surface area contributed by atoms with Gasteiger partial charge in [0.2, 0.25) is 12.2 Å². The van der Waals surface area contributed by atoms with Crippen molar-refractivity contribution in [2.75, 3.05) is 26.2 Å². The van der Waals surface area contributed by atoms with E-state index in [9.17, 15) is 4.79 Å². The van der Waals surface area contributed by atoms with Crippen LogP contribution in [0, 0.1) is 0 Å². The van der Waals surface area contributed by atoms with E-state index in [-0.39, 0.29) is 5.91 Å². The topological polar surface area (TPSA) is 71.3 Å². The second kappa shape index (κ2) is 5.19. The lowest BCUT2D eigenvalue weighted by molar-refractivity contribution is 0.0736. The average Bonchev–Trinajstić information content (AvgIpc) is 3.02. The van der Waals surface area contributed by atoms with E-state index in [1.807, 2.05) is 17.0 Å². The zero-order valence-electron chi connectivity index (χ0n) is 10.4. The summed E-state index contributed by atoms with van der Waals surface area (Å²) in [4.78, 5) is 18.1. The van der Waals surface area contributed by atoms with Gasteiger partial charge in [-0.1, -0.05) is 17.3 Å². The first-order valence-electron chi connectivity index (χ1n) is 6.21. The quantitative estimate of drug-likeness (QED) is 0.862. The molecule has 2 heterocycles. The van der Waals surface area contributed by atoms with E-state index in [2.05, 4.69) is 15.5 Å². The van der Waals surface area contributed by atoms with Crippen molar-refractivity contribution in [3.63, 3.8) is 0 Å². The molecule has 19 heavy (non-hydrogen) atoms. The van der Waals surface area contributed by atoms with Crippen LogP contribution >= 0.6 is 0 Å². The summed E-state index contributed by atoms with van der Waals surface area (Å²) in [6.45, 7) is 3.22. The molecule has 1 aromatic carbocycles. The number of rotatable bonds is 2. The Morgan fingerprint density at radius 3 is 2.58 bits per heavy atom. The van der Waals surface area contributed by atoms with Gasteiger partial charge >= 0.3 is 0 Å². The van der Waals surface area contributed by atoms with Crippen molar-refractivity contribution in [2.24, 2.45) is 0 Å². The first kappa shape index (κ1) is 11.9. The maximum absolute atomic E-state index is 12.2. The lowest BCUT2D eigenvalue weighted by Gasteiger charge is -2.27. The first-order valence-corrected chi connectivity index (χ1v) is 6.21. The third-order valence-electron chi connectivity index (χ3n) is 3.16. The molecule has 6 heteroatoms. The Balaban J connectivity index is 1.76. The van der Waals surface area contributed by atoms with Crippen molar-refractivity contribution >= 4 is 5.91 Å². The SMILES string of the molecule is O=C(c1ccc(-c2ncon2)cc1)N1CCNCC1. The number of aromatic nitrogens is 2. The van der Waals surface area contributed by atoms with Crippen LogP contribution in [0.5, 0.6) is 0 Å². The number of benzene rings is 1. The molecule has 1 fully saturated rings. The van der Waals surface area contributed by atoms with Crippen LogP contribution in [0.4, 0.5) is 0 Å². The van der Waals surface area contributed by atoms with Gasteiger partial charge in [0.15, 0.2) is 0 Å². The van der Waals surface area contributed by atoms with Crippen LogP contribution in [0.15, 0.2) is 35.2 Å². The molecule has 0 saturated carbocycles. The predicted octanol–water partition coefficient (Wildman–Crippen LogP) is 0.782. The minimum absolute atomic E-state index is 0.0705. The summed E-state index contributed by atoms with van der Waals surface area (Å²) in [5.41, 5.74) is 1.53. The van der Waals surface area contributed by atoms with Gasteiger partial charge in [0.1, 0.15) is 0 Å². The third kappa shape index (κ3) is 2.48. The van der Waals surface area contributed by atoms with Crippen molar-refractivity contribution in [3.8, 4) is 11.4 Å². The largest absolute Gasteiger partial charge is 0.342 e. The number of nitrogens with zero attached hydrogens (tertiary/aromatic N) is 3. The van der Waals surface area contributed by atoms with Gasteiger partial charge in [0, 0.05) is 37.3 Å². The van der Waals surface area contributed by atoms with Crippen LogP contribution in [-0.4, -0.2) is 47.1 Å². The second-order valence-electron chi connectivity index (χ2n) is 4.37. The lowest BCUT2D eigenvalue weighted by Crippen LogP contribution is -2.46. The van der Waals surface area contributed by atoms with Gasteiger partial charge in [-0.15, -0.1) is 0 Å². The van der Waals surface area contributed by atoms with Crippen molar-refractivity contribution in [3.05, 3.63) is 36.2 Å². The van der Waals surface area contributed by atoms with Crippen molar-refractivity contribution in [2.45, 2.75) is 0 Å². The van der Waals surface area contributed by atoms with E-state index in [4.69, 9.17) is 4.52 Å². The molecule has 2 aromatic rings. The van der Waals surface area contributed by atoms with Gasteiger partial charge in [-0.3, -0.25) is 4.79 Å². The normalized spacial score (nSPS) is 15.5. The van der Waals surface area contributed by atoms with Crippen LogP contribution in [0.3, 0.4) is 0 Å².